The fourth-order valence-electron chi connectivity index (χ4n) is 3.11. The van der Waals surface area contributed by atoms with E-state index in [1.54, 1.807) is 12.1 Å². The standard InChI is InChI=1S/C24H28N6OS/c1-15-6-5-7-21(18(15)4)28-24(32)30-22(29-23-26-16(2)14-17(3)27-23)25-13-12-19-8-10-20(31)11-9-19/h5-11,14,31H,12-13H2,1-4H3,(H3,25,26,27,28,29,30,32). The monoisotopic (exact) mass is 448 g/mol. The van der Waals surface area contributed by atoms with E-state index in [0.717, 1.165) is 28.2 Å². The molecule has 1 aromatic heterocycles. The van der Waals surface area contributed by atoms with Gasteiger partial charge in [0.05, 0.1) is 0 Å². The number of hydrogen-bond donors (Lipinski definition) is 4. The predicted octanol–water partition coefficient (Wildman–Crippen LogP) is 4.41. The summed E-state index contributed by atoms with van der Waals surface area (Å²) in [5.41, 5.74) is 6.05. The van der Waals surface area contributed by atoms with Crippen LogP contribution in [-0.4, -0.2) is 32.7 Å². The van der Waals surface area contributed by atoms with Crippen LogP contribution in [0.25, 0.3) is 0 Å². The molecule has 3 aromatic rings. The molecule has 0 spiro atoms. The van der Waals surface area contributed by atoms with Crippen molar-refractivity contribution >= 4 is 34.9 Å². The molecule has 0 radical (unpaired) electrons. The lowest BCUT2D eigenvalue weighted by Crippen LogP contribution is -2.39. The number of nitrogens with zero attached hydrogens (tertiary/aromatic N) is 3. The van der Waals surface area contributed by atoms with Gasteiger partial charge in [-0.15, -0.1) is 0 Å². The molecule has 0 saturated carbocycles. The summed E-state index contributed by atoms with van der Waals surface area (Å²) in [6, 6.07) is 15.0. The zero-order valence-corrected chi connectivity index (χ0v) is 19.5. The van der Waals surface area contributed by atoms with Crippen LogP contribution in [0, 0.1) is 27.7 Å². The van der Waals surface area contributed by atoms with E-state index in [2.05, 4.69) is 50.8 Å². The lowest BCUT2D eigenvalue weighted by molar-refractivity contribution is 0.475. The van der Waals surface area contributed by atoms with Gasteiger partial charge in [0.15, 0.2) is 5.11 Å². The number of benzene rings is 2. The van der Waals surface area contributed by atoms with E-state index < -0.39 is 0 Å². The fraction of sp³-hybridized carbons (Fsp3) is 0.250. The summed E-state index contributed by atoms with van der Waals surface area (Å²) in [4.78, 5) is 13.5. The number of hydrogen-bond acceptors (Lipinski definition) is 5. The Balaban J connectivity index is 1.74. The Morgan fingerprint density at radius 3 is 2.34 bits per heavy atom. The van der Waals surface area contributed by atoms with E-state index in [0.29, 0.717) is 30.0 Å². The lowest BCUT2D eigenvalue weighted by Gasteiger charge is -2.16. The third-order valence-electron chi connectivity index (χ3n) is 4.90. The zero-order chi connectivity index (χ0) is 23.1. The number of rotatable bonds is 5. The van der Waals surface area contributed by atoms with Gasteiger partial charge in [0.1, 0.15) is 5.75 Å². The van der Waals surface area contributed by atoms with Crippen molar-refractivity contribution < 1.29 is 5.11 Å². The molecule has 7 nitrogen and oxygen atoms in total. The van der Waals surface area contributed by atoms with Crippen LogP contribution in [0.1, 0.15) is 28.1 Å². The Hall–Kier alpha value is -3.52. The second kappa shape index (κ2) is 10.7. The van der Waals surface area contributed by atoms with E-state index in [1.165, 1.54) is 5.56 Å². The number of nitrogens with one attached hydrogen (secondary N) is 3. The average molecular weight is 449 g/mol. The van der Waals surface area contributed by atoms with Gasteiger partial charge in [-0.2, -0.15) is 0 Å². The molecule has 0 aliphatic rings. The zero-order valence-electron chi connectivity index (χ0n) is 18.7. The first-order valence-corrected chi connectivity index (χ1v) is 10.8. The summed E-state index contributed by atoms with van der Waals surface area (Å²) in [5, 5.41) is 19.4. The quantitative estimate of drug-likeness (QED) is 0.261. The molecule has 32 heavy (non-hydrogen) atoms. The van der Waals surface area contributed by atoms with Crippen LogP contribution < -0.4 is 16.0 Å². The molecule has 2 aromatic carbocycles. The lowest BCUT2D eigenvalue weighted by atomic mass is 10.1. The molecule has 0 amide bonds. The summed E-state index contributed by atoms with van der Waals surface area (Å²) in [7, 11) is 0. The fourth-order valence-corrected chi connectivity index (χ4v) is 3.31. The second-order valence-electron chi connectivity index (χ2n) is 7.57. The van der Waals surface area contributed by atoms with Gasteiger partial charge in [-0.3, -0.25) is 10.3 Å². The maximum Gasteiger partial charge on any atom is 0.229 e. The van der Waals surface area contributed by atoms with Crippen molar-refractivity contribution in [2.75, 3.05) is 17.2 Å². The molecule has 0 fully saturated rings. The van der Waals surface area contributed by atoms with Crippen LogP contribution in [0.2, 0.25) is 0 Å². The molecule has 0 bridgehead atoms. The van der Waals surface area contributed by atoms with Gasteiger partial charge >= 0.3 is 0 Å². The van der Waals surface area contributed by atoms with Crippen molar-refractivity contribution in [2.45, 2.75) is 34.1 Å². The second-order valence-corrected chi connectivity index (χ2v) is 7.98. The summed E-state index contributed by atoms with van der Waals surface area (Å²) in [6.07, 6.45) is 0.706. The number of phenols is 1. The third-order valence-corrected chi connectivity index (χ3v) is 5.11. The number of anilines is 2. The largest absolute Gasteiger partial charge is 0.508 e. The number of aromatic nitrogens is 2. The molecule has 0 aliphatic carbocycles. The van der Waals surface area contributed by atoms with Crippen LogP contribution in [0.4, 0.5) is 11.6 Å². The minimum atomic E-state index is 0.246. The van der Waals surface area contributed by atoms with Crippen molar-refractivity contribution in [1.29, 1.82) is 0 Å². The smallest absolute Gasteiger partial charge is 0.229 e. The topological polar surface area (TPSA) is 94.5 Å². The van der Waals surface area contributed by atoms with Gasteiger partial charge in [-0.1, -0.05) is 24.3 Å². The molecule has 166 valence electrons. The molecular weight excluding hydrogens is 420 g/mol. The molecule has 3 rings (SSSR count). The molecule has 1 heterocycles. The minimum absolute atomic E-state index is 0.246. The number of aliphatic imine (C=N–C) groups is 1. The van der Waals surface area contributed by atoms with Crippen molar-refractivity contribution in [3.05, 3.63) is 76.6 Å². The highest BCUT2D eigenvalue weighted by molar-refractivity contribution is 7.80. The Labute approximate surface area is 194 Å². The highest BCUT2D eigenvalue weighted by Gasteiger charge is 2.09. The van der Waals surface area contributed by atoms with Crippen LogP contribution >= 0.6 is 12.2 Å². The number of phenolic OH excluding ortho intramolecular Hbond substituents is 1. The van der Waals surface area contributed by atoms with Crippen LogP contribution in [0.15, 0.2) is 53.5 Å². The third kappa shape index (κ3) is 6.75. The van der Waals surface area contributed by atoms with Gasteiger partial charge in [-0.25, -0.2) is 9.97 Å². The Morgan fingerprint density at radius 2 is 1.66 bits per heavy atom. The Bertz CT molecular complexity index is 1110. The first-order valence-electron chi connectivity index (χ1n) is 10.4. The minimum Gasteiger partial charge on any atom is -0.508 e. The van der Waals surface area contributed by atoms with Crippen molar-refractivity contribution in [1.82, 2.24) is 15.3 Å². The van der Waals surface area contributed by atoms with E-state index in [-0.39, 0.29) is 5.75 Å². The summed E-state index contributed by atoms with van der Waals surface area (Å²) in [5.74, 6) is 1.15. The van der Waals surface area contributed by atoms with Gasteiger partial charge in [0, 0.05) is 23.6 Å². The first kappa shape index (κ1) is 23.1. The van der Waals surface area contributed by atoms with E-state index in [4.69, 9.17) is 12.2 Å². The van der Waals surface area contributed by atoms with Crippen LogP contribution in [0.5, 0.6) is 5.75 Å². The van der Waals surface area contributed by atoms with Gasteiger partial charge in [0.2, 0.25) is 11.9 Å². The van der Waals surface area contributed by atoms with Gasteiger partial charge < -0.3 is 15.7 Å². The predicted molar refractivity (Wildman–Crippen MR) is 135 cm³/mol. The molecule has 0 unspecified atom stereocenters. The molecule has 0 saturated heterocycles. The molecule has 8 heteroatoms. The number of thiocarbonyl (C=S) groups is 1. The first-order chi connectivity index (χ1) is 15.3. The SMILES string of the molecule is Cc1cc(C)nc(NC(=NCCc2ccc(O)cc2)NC(=S)Nc2cccc(C)c2C)n1. The average Bonchev–Trinajstić information content (AvgIpc) is 2.72. The highest BCUT2D eigenvalue weighted by atomic mass is 32.1. The maximum absolute atomic E-state index is 9.45. The summed E-state index contributed by atoms with van der Waals surface area (Å²) < 4.78 is 0. The Morgan fingerprint density at radius 1 is 0.969 bits per heavy atom. The molecule has 0 aliphatic heterocycles. The van der Waals surface area contributed by atoms with Crippen LogP contribution in [0.3, 0.4) is 0 Å². The normalized spacial score (nSPS) is 11.2. The van der Waals surface area contributed by atoms with Crippen molar-refractivity contribution in [3.63, 3.8) is 0 Å². The number of aromatic hydroxyl groups is 1. The highest BCUT2D eigenvalue weighted by Crippen LogP contribution is 2.17. The van der Waals surface area contributed by atoms with E-state index in [9.17, 15) is 5.11 Å². The van der Waals surface area contributed by atoms with E-state index >= 15 is 0 Å². The molecular formula is C24H28N6OS. The molecule has 0 atom stereocenters. The summed E-state index contributed by atoms with van der Waals surface area (Å²) >= 11 is 5.53. The van der Waals surface area contributed by atoms with Crippen molar-refractivity contribution in [2.24, 2.45) is 4.99 Å². The summed E-state index contributed by atoms with van der Waals surface area (Å²) in [6.45, 7) is 8.46. The number of aryl methyl sites for hydroxylation is 3. The van der Waals surface area contributed by atoms with E-state index in [1.807, 2.05) is 44.2 Å². The maximum atomic E-state index is 9.45. The van der Waals surface area contributed by atoms with Crippen LogP contribution in [-0.2, 0) is 6.42 Å². The number of guanidine groups is 1. The van der Waals surface area contributed by atoms with Crippen molar-refractivity contribution in [3.8, 4) is 5.75 Å². The Kier molecular flexibility index (Phi) is 7.72. The van der Waals surface area contributed by atoms with Gasteiger partial charge in [0.25, 0.3) is 0 Å². The molecule has 4 N–H and O–H groups in total. The van der Waals surface area contributed by atoms with Gasteiger partial charge in [-0.05, 0) is 87.3 Å².